The van der Waals surface area contributed by atoms with Crippen LogP contribution in [-0.2, 0) is 15.7 Å². The molecule has 0 aliphatic carbocycles. The number of nitrogens with one attached hydrogen (secondary N) is 2. The Morgan fingerprint density at radius 2 is 2.05 bits per heavy atom. The fraction of sp³-hybridized carbons (Fsp3) is 0.333. The lowest BCUT2D eigenvalue weighted by atomic mass is 10.2. The number of anilines is 1. The minimum atomic E-state index is -4.53. The van der Waals surface area contributed by atoms with Gasteiger partial charge in [-0.3, -0.25) is 0 Å². The number of hydrogen-bond acceptors (Lipinski definition) is 3. The number of carboxylic acid groups (broad SMARTS) is 1. The van der Waals surface area contributed by atoms with Gasteiger partial charge in [0.15, 0.2) is 6.04 Å². The molecule has 0 saturated carbocycles. The van der Waals surface area contributed by atoms with E-state index in [0.29, 0.717) is 0 Å². The third-order valence-electron chi connectivity index (χ3n) is 2.38. The van der Waals surface area contributed by atoms with Gasteiger partial charge < -0.3 is 20.5 Å². The van der Waals surface area contributed by atoms with Crippen LogP contribution in [-0.4, -0.2) is 36.9 Å². The van der Waals surface area contributed by atoms with Gasteiger partial charge in [0, 0.05) is 12.8 Å². The predicted molar refractivity (Wildman–Crippen MR) is 66.9 cm³/mol. The van der Waals surface area contributed by atoms with E-state index in [4.69, 9.17) is 5.11 Å². The zero-order valence-electron chi connectivity index (χ0n) is 10.9. The lowest BCUT2D eigenvalue weighted by molar-refractivity contribution is -0.140. The number of methoxy groups -OCH3 is 1. The van der Waals surface area contributed by atoms with Crippen molar-refractivity contribution in [1.29, 1.82) is 0 Å². The van der Waals surface area contributed by atoms with Crippen LogP contribution in [0.1, 0.15) is 5.56 Å². The monoisotopic (exact) mass is 306 g/mol. The first-order valence-electron chi connectivity index (χ1n) is 5.70. The first kappa shape index (κ1) is 16.8. The molecule has 1 atom stereocenters. The third-order valence-corrected chi connectivity index (χ3v) is 2.38. The second-order valence-corrected chi connectivity index (χ2v) is 4.02. The van der Waals surface area contributed by atoms with E-state index in [0.717, 1.165) is 18.2 Å². The fourth-order valence-electron chi connectivity index (χ4n) is 1.44. The number of carbonyl (C=O) groups is 2. The molecule has 1 aromatic carbocycles. The van der Waals surface area contributed by atoms with Crippen molar-refractivity contribution in [3.05, 3.63) is 29.8 Å². The van der Waals surface area contributed by atoms with Crippen LogP contribution in [0.3, 0.4) is 0 Å². The second-order valence-electron chi connectivity index (χ2n) is 4.02. The lowest BCUT2D eigenvalue weighted by Gasteiger charge is -2.15. The number of benzene rings is 1. The number of hydrogen-bond donors (Lipinski definition) is 3. The number of rotatable bonds is 5. The van der Waals surface area contributed by atoms with E-state index < -0.39 is 29.8 Å². The SMILES string of the molecule is COCC(NC(=O)Nc1cccc(C(F)(F)F)c1)C(=O)O. The minimum absolute atomic E-state index is 0.108. The van der Waals surface area contributed by atoms with Gasteiger partial charge in [0.05, 0.1) is 12.2 Å². The zero-order chi connectivity index (χ0) is 16.0. The van der Waals surface area contributed by atoms with Crippen LogP contribution >= 0.6 is 0 Å². The fourth-order valence-corrected chi connectivity index (χ4v) is 1.44. The van der Waals surface area contributed by atoms with E-state index >= 15 is 0 Å². The quantitative estimate of drug-likeness (QED) is 0.775. The van der Waals surface area contributed by atoms with Gasteiger partial charge in [0.25, 0.3) is 0 Å². The number of urea groups is 1. The third kappa shape index (κ3) is 5.30. The molecule has 0 aliphatic rings. The summed E-state index contributed by atoms with van der Waals surface area (Å²) in [5.41, 5.74) is -1.03. The van der Waals surface area contributed by atoms with Crippen LogP contribution < -0.4 is 10.6 Å². The highest BCUT2D eigenvalue weighted by atomic mass is 19.4. The number of carbonyl (C=O) groups excluding carboxylic acids is 1. The first-order valence-corrected chi connectivity index (χ1v) is 5.70. The predicted octanol–water partition coefficient (Wildman–Crippen LogP) is 1.93. The molecule has 1 aromatic rings. The zero-order valence-corrected chi connectivity index (χ0v) is 10.9. The molecule has 6 nitrogen and oxygen atoms in total. The molecule has 0 radical (unpaired) electrons. The molecular weight excluding hydrogens is 293 g/mol. The van der Waals surface area contributed by atoms with E-state index in [-0.39, 0.29) is 12.3 Å². The maximum Gasteiger partial charge on any atom is 0.416 e. The Kier molecular flexibility index (Phi) is 5.53. The van der Waals surface area contributed by atoms with E-state index in [1.165, 1.54) is 13.2 Å². The van der Waals surface area contributed by atoms with E-state index in [2.05, 4.69) is 15.4 Å². The van der Waals surface area contributed by atoms with Crippen molar-refractivity contribution in [2.24, 2.45) is 0 Å². The summed E-state index contributed by atoms with van der Waals surface area (Å²) in [5, 5.41) is 13.0. The maximum atomic E-state index is 12.5. The van der Waals surface area contributed by atoms with Crippen LogP contribution in [0.4, 0.5) is 23.7 Å². The summed E-state index contributed by atoms with van der Waals surface area (Å²) in [7, 11) is 1.25. The molecule has 1 unspecified atom stereocenters. The highest BCUT2D eigenvalue weighted by Gasteiger charge is 2.30. The Hall–Kier alpha value is -2.29. The van der Waals surface area contributed by atoms with Gasteiger partial charge in [-0.2, -0.15) is 13.2 Å². The van der Waals surface area contributed by atoms with E-state index in [9.17, 15) is 22.8 Å². The summed E-state index contributed by atoms with van der Waals surface area (Å²) < 4.78 is 42.1. The maximum absolute atomic E-state index is 12.5. The summed E-state index contributed by atoms with van der Waals surface area (Å²) in [6, 6.07) is 1.72. The normalized spacial score (nSPS) is 12.6. The standard InChI is InChI=1S/C12H13F3N2O4/c1-21-6-9(10(18)19)17-11(20)16-8-4-2-3-7(5-8)12(13,14)15/h2-5,9H,6H2,1H3,(H,18,19)(H2,16,17,20). The van der Waals surface area contributed by atoms with Crippen LogP contribution in [0.25, 0.3) is 0 Å². The Bertz CT molecular complexity index is 519. The molecule has 0 spiro atoms. The van der Waals surface area contributed by atoms with Crippen LogP contribution in [0, 0.1) is 0 Å². The first-order chi connectivity index (χ1) is 9.74. The molecule has 0 saturated heterocycles. The molecule has 2 amide bonds. The number of ether oxygens (including phenoxy) is 1. The van der Waals surface area contributed by atoms with Gasteiger partial charge in [-0.15, -0.1) is 0 Å². The summed E-state index contributed by atoms with van der Waals surface area (Å²) >= 11 is 0. The van der Waals surface area contributed by atoms with Crippen molar-refractivity contribution >= 4 is 17.7 Å². The van der Waals surface area contributed by atoms with Crippen molar-refractivity contribution < 1.29 is 32.6 Å². The molecule has 1 rings (SSSR count). The van der Waals surface area contributed by atoms with E-state index in [1.807, 2.05) is 0 Å². The summed E-state index contributed by atoms with van der Waals surface area (Å²) in [6.45, 7) is -0.272. The summed E-state index contributed by atoms with van der Waals surface area (Å²) in [5.74, 6) is -1.32. The van der Waals surface area contributed by atoms with Crippen LogP contribution in [0.2, 0.25) is 0 Å². The van der Waals surface area contributed by atoms with Crippen LogP contribution in [0.5, 0.6) is 0 Å². The second kappa shape index (κ2) is 6.93. The average molecular weight is 306 g/mol. The van der Waals surface area contributed by atoms with Gasteiger partial charge in [0.1, 0.15) is 0 Å². The van der Waals surface area contributed by atoms with E-state index in [1.54, 1.807) is 0 Å². The van der Waals surface area contributed by atoms with Gasteiger partial charge >= 0.3 is 18.2 Å². The Morgan fingerprint density at radius 1 is 1.38 bits per heavy atom. The highest BCUT2D eigenvalue weighted by Crippen LogP contribution is 2.30. The van der Waals surface area contributed by atoms with Crippen molar-refractivity contribution in [3.8, 4) is 0 Å². The topological polar surface area (TPSA) is 87.7 Å². The molecule has 0 aromatic heterocycles. The molecule has 0 heterocycles. The van der Waals surface area contributed by atoms with Crippen LogP contribution in [0.15, 0.2) is 24.3 Å². The van der Waals surface area contributed by atoms with Gasteiger partial charge in [0.2, 0.25) is 0 Å². The number of alkyl halides is 3. The van der Waals surface area contributed by atoms with Crippen molar-refractivity contribution in [2.45, 2.75) is 12.2 Å². The van der Waals surface area contributed by atoms with Crippen molar-refractivity contribution in [1.82, 2.24) is 5.32 Å². The molecule has 3 N–H and O–H groups in total. The molecule has 0 aliphatic heterocycles. The van der Waals surface area contributed by atoms with Crippen molar-refractivity contribution in [2.75, 3.05) is 19.0 Å². The lowest BCUT2D eigenvalue weighted by Crippen LogP contribution is -2.45. The molecular formula is C12H13F3N2O4. The molecule has 9 heteroatoms. The molecule has 0 bridgehead atoms. The van der Waals surface area contributed by atoms with Gasteiger partial charge in [-0.1, -0.05) is 6.07 Å². The number of amides is 2. The summed E-state index contributed by atoms with van der Waals surface area (Å²) in [6.07, 6.45) is -4.53. The average Bonchev–Trinajstić information content (AvgIpc) is 2.37. The smallest absolute Gasteiger partial charge is 0.416 e. The van der Waals surface area contributed by atoms with Gasteiger partial charge in [-0.25, -0.2) is 9.59 Å². The molecule has 0 fully saturated rings. The number of carboxylic acids is 1. The Labute approximate surface area is 117 Å². The largest absolute Gasteiger partial charge is 0.480 e. The highest BCUT2D eigenvalue weighted by molar-refractivity contribution is 5.92. The number of halogens is 3. The van der Waals surface area contributed by atoms with Gasteiger partial charge in [-0.05, 0) is 18.2 Å². The Balaban J connectivity index is 2.73. The minimum Gasteiger partial charge on any atom is -0.480 e. The molecule has 21 heavy (non-hydrogen) atoms. The summed E-state index contributed by atoms with van der Waals surface area (Å²) in [4.78, 5) is 22.3. The Morgan fingerprint density at radius 3 is 2.57 bits per heavy atom. The molecule has 116 valence electrons. The number of aliphatic carboxylic acids is 1. The van der Waals surface area contributed by atoms with Crippen molar-refractivity contribution in [3.63, 3.8) is 0 Å².